The van der Waals surface area contributed by atoms with Crippen LogP contribution in [-0.4, -0.2) is 47.6 Å². The Hall–Kier alpha value is -2.86. The van der Waals surface area contributed by atoms with E-state index in [1.54, 1.807) is 0 Å². The summed E-state index contributed by atoms with van der Waals surface area (Å²) in [7, 11) is 1.03. The molecule has 2 aromatic rings. The number of rotatable bonds is 6. The predicted octanol–water partition coefficient (Wildman–Crippen LogP) is 4.45. The second kappa shape index (κ2) is 9.41. The van der Waals surface area contributed by atoms with Crippen LogP contribution in [0.2, 0.25) is 0 Å². The highest BCUT2D eigenvalue weighted by molar-refractivity contribution is 5.95. The zero-order chi connectivity index (χ0) is 25.4. The highest BCUT2D eigenvalue weighted by Gasteiger charge is 2.65. The Morgan fingerprint density at radius 3 is 2.50 bits per heavy atom. The monoisotopic (exact) mass is 492 g/mol. The van der Waals surface area contributed by atoms with Crippen molar-refractivity contribution in [3.8, 4) is 5.75 Å². The molecule has 186 valence electrons. The first kappa shape index (κ1) is 25.8. The molecule has 34 heavy (non-hydrogen) atoms. The number of aromatic nitrogens is 1. The van der Waals surface area contributed by atoms with Gasteiger partial charge in [0.2, 0.25) is 5.82 Å². The Morgan fingerprint density at radius 2 is 1.97 bits per heavy atom. The molecule has 0 aliphatic carbocycles. The maximum atomic E-state index is 14.4. The average molecular weight is 492 g/mol. The van der Waals surface area contributed by atoms with Crippen LogP contribution in [0.25, 0.3) is 0 Å². The summed E-state index contributed by atoms with van der Waals surface area (Å²) in [6.45, 7) is 1.16. The summed E-state index contributed by atoms with van der Waals surface area (Å²) < 4.78 is 93.6. The third kappa shape index (κ3) is 4.43. The van der Waals surface area contributed by atoms with Crippen LogP contribution in [0, 0.1) is 17.6 Å². The molecule has 1 aliphatic heterocycles. The van der Waals surface area contributed by atoms with Crippen molar-refractivity contribution in [1.29, 1.82) is 0 Å². The van der Waals surface area contributed by atoms with Crippen molar-refractivity contribution in [2.45, 2.75) is 43.8 Å². The minimum absolute atomic E-state index is 0.0201. The van der Waals surface area contributed by atoms with E-state index in [0.29, 0.717) is 0 Å². The number of hydrogen-bond donors (Lipinski definition) is 2. The molecule has 1 fully saturated rings. The van der Waals surface area contributed by atoms with Gasteiger partial charge in [0, 0.05) is 17.4 Å². The fourth-order valence-corrected chi connectivity index (χ4v) is 4.01. The number of alkyl halides is 4. The number of carbonyl (C=O) groups excluding carboxylic acids is 1. The first-order valence-electron chi connectivity index (χ1n) is 10.1. The summed E-state index contributed by atoms with van der Waals surface area (Å²) in [6, 6.07) is 4.22. The number of benzene rings is 1. The number of methoxy groups -OCH3 is 1. The third-order valence-electron chi connectivity index (χ3n) is 6.11. The van der Waals surface area contributed by atoms with E-state index in [-0.39, 0.29) is 16.9 Å². The molecule has 3 rings (SSSR count). The second-order valence-electron chi connectivity index (χ2n) is 8.05. The van der Waals surface area contributed by atoms with Gasteiger partial charge in [0.25, 0.3) is 5.91 Å². The molecule has 0 saturated carbocycles. The summed E-state index contributed by atoms with van der Waals surface area (Å²) >= 11 is 0. The van der Waals surface area contributed by atoms with Gasteiger partial charge in [-0.25, -0.2) is 8.78 Å². The molecule has 5 atom stereocenters. The molecule has 1 aliphatic rings. The molecule has 1 aromatic carbocycles. The summed E-state index contributed by atoms with van der Waals surface area (Å²) in [5.74, 6) is -7.09. The molecule has 2 N–H and O–H groups in total. The largest absolute Gasteiger partial charge is 0.493 e. The zero-order valence-electron chi connectivity index (χ0n) is 18.3. The van der Waals surface area contributed by atoms with Crippen LogP contribution in [0.4, 0.5) is 32.0 Å². The van der Waals surface area contributed by atoms with Crippen molar-refractivity contribution < 1.29 is 45.7 Å². The van der Waals surface area contributed by atoms with Crippen LogP contribution in [-0.2, 0) is 9.53 Å². The SMILES string of the molecule is COc1c([C@H]2[C@H](C(=O)Nc3ccc([C@H](F)CO)nc3)O[C@@](C)(C(F)(F)F)[C@H]2C)ccc(F)c1F. The van der Waals surface area contributed by atoms with Gasteiger partial charge in [0.1, 0.15) is 6.10 Å². The first-order chi connectivity index (χ1) is 15.9. The van der Waals surface area contributed by atoms with Gasteiger partial charge in [0.05, 0.1) is 31.3 Å². The molecule has 0 radical (unpaired) electrons. The topological polar surface area (TPSA) is 80.7 Å². The second-order valence-corrected chi connectivity index (χ2v) is 8.05. The number of anilines is 1. The van der Waals surface area contributed by atoms with Crippen molar-refractivity contribution in [2.24, 2.45) is 5.92 Å². The molecule has 12 heteroatoms. The van der Waals surface area contributed by atoms with Gasteiger partial charge in [-0.1, -0.05) is 13.0 Å². The number of amides is 1. The lowest BCUT2D eigenvalue weighted by atomic mass is 9.77. The minimum Gasteiger partial charge on any atom is -0.493 e. The van der Waals surface area contributed by atoms with Crippen LogP contribution in [0.3, 0.4) is 0 Å². The van der Waals surface area contributed by atoms with Gasteiger partial charge in [-0.2, -0.15) is 17.6 Å². The van der Waals surface area contributed by atoms with E-state index in [4.69, 9.17) is 14.6 Å². The molecule has 6 nitrogen and oxygen atoms in total. The van der Waals surface area contributed by atoms with Crippen molar-refractivity contribution >= 4 is 11.6 Å². The molecule has 0 unspecified atom stereocenters. The third-order valence-corrected chi connectivity index (χ3v) is 6.11. The summed E-state index contributed by atoms with van der Waals surface area (Å²) in [4.78, 5) is 16.8. The van der Waals surface area contributed by atoms with Gasteiger partial charge in [-0.05, 0) is 25.1 Å². The number of hydrogen-bond acceptors (Lipinski definition) is 5. The van der Waals surface area contributed by atoms with Crippen molar-refractivity contribution in [3.05, 3.63) is 53.4 Å². The number of pyridine rings is 1. The number of aliphatic hydroxyl groups excluding tert-OH is 1. The normalized spacial score (nSPS) is 25.8. The molecular formula is C22H22F6N2O4. The molecule has 1 aromatic heterocycles. The molecule has 0 bridgehead atoms. The van der Waals surface area contributed by atoms with Gasteiger partial charge >= 0.3 is 6.18 Å². The highest BCUT2D eigenvalue weighted by Crippen LogP contribution is 2.55. The Labute approximate surface area is 190 Å². The molecule has 1 saturated heterocycles. The van der Waals surface area contributed by atoms with E-state index in [9.17, 15) is 31.1 Å². The van der Waals surface area contributed by atoms with Crippen LogP contribution in [0.15, 0.2) is 30.5 Å². The van der Waals surface area contributed by atoms with Crippen molar-refractivity contribution in [1.82, 2.24) is 4.98 Å². The number of nitrogens with zero attached hydrogens (tertiary/aromatic N) is 1. The van der Waals surface area contributed by atoms with Crippen LogP contribution >= 0.6 is 0 Å². The summed E-state index contributed by atoms with van der Waals surface area (Å²) in [5.41, 5.74) is -3.05. The van der Waals surface area contributed by atoms with E-state index in [0.717, 1.165) is 32.4 Å². The standard InChI is InChI=1S/C22H22F6N2O4/c1-10-16(12-5-6-13(23)17(25)18(12)33-3)19(34-21(10,2)22(26,27)28)20(32)30-11-4-7-15(29-8-11)14(24)9-31/h4-8,10,14,16,19,31H,9H2,1-3H3,(H,30,32)/t10-,14+,16-,19+,21+/m0/s1. The van der Waals surface area contributed by atoms with Gasteiger partial charge in [-0.3, -0.25) is 9.78 Å². The minimum atomic E-state index is -4.89. The Balaban J connectivity index is 2.01. The Kier molecular flexibility index (Phi) is 7.13. The lowest BCUT2D eigenvalue weighted by Gasteiger charge is -2.32. The zero-order valence-corrected chi connectivity index (χ0v) is 18.3. The number of nitrogens with one attached hydrogen (secondary N) is 1. The van der Waals surface area contributed by atoms with E-state index < -0.39 is 65.8 Å². The molecule has 0 spiro atoms. The van der Waals surface area contributed by atoms with Gasteiger partial charge in [-0.15, -0.1) is 0 Å². The quantitative estimate of drug-likeness (QED) is 0.583. The molecule has 1 amide bonds. The van der Waals surface area contributed by atoms with E-state index in [1.807, 2.05) is 0 Å². The Bertz CT molecular complexity index is 1050. The fourth-order valence-electron chi connectivity index (χ4n) is 4.01. The van der Waals surface area contributed by atoms with Crippen LogP contribution in [0.5, 0.6) is 5.75 Å². The maximum absolute atomic E-state index is 14.4. The predicted molar refractivity (Wildman–Crippen MR) is 108 cm³/mol. The number of carbonyl (C=O) groups is 1. The summed E-state index contributed by atoms with van der Waals surface area (Å²) in [6.07, 6.45) is -7.35. The lowest BCUT2D eigenvalue weighted by Crippen LogP contribution is -2.47. The van der Waals surface area contributed by atoms with Crippen LogP contribution in [0.1, 0.15) is 37.2 Å². The lowest BCUT2D eigenvalue weighted by molar-refractivity contribution is -0.272. The first-order valence-corrected chi connectivity index (χ1v) is 10.1. The average Bonchev–Trinajstić information content (AvgIpc) is 3.07. The maximum Gasteiger partial charge on any atom is 0.417 e. The number of aliphatic hydroxyl groups is 1. The fraction of sp³-hybridized carbons (Fsp3) is 0.455. The van der Waals surface area contributed by atoms with Gasteiger partial charge in [0.15, 0.2) is 23.3 Å². The van der Waals surface area contributed by atoms with Gasteiger partial charge < -0.3 is 19.9 Å². The van der Waals surface area contributed by atoms with Crippen molar-refractivity contribution in [2.75, 3.05) is 19.0 Å². The molecule has 2 heterocycles. The number of halogens is 6. The van der Waals surface area contributed by atoms with Crippen LogP contribution < -0.4 is 10.1 Å². The van der Waals surface area contributed by atoms with Crippen molar-refractivity contribution in [3.63, 3.8) is 0 Å². The number of ether oxygens (including phenoxy) is 2. The van der Waals surface area contributed by atoms with E-state index in [2.05, 4.69) is 10.3 Å². The highest BCUT2D eigenvalue weighted by atomic mass is 19.4. The van der Waals surface area contributed by atoms with E-state index in [1.165, 1.54) is 19.1 Å². The molecular weight excluding hydrogens is 470 g/mol. The smallest absolute Gasteiger partial charge is 0.417 e. The summed E-state index contributed by atoms with van der Waals surface area (Å²) in [5, 5.41) is 11.2. The Morgan fingerprint density at radius 1 is 1.29 bits per heavy atom. The van der Waals surface area contributed by atoms with E-state index >= 15 is 0 Å².